The van der Waals surface area contributed by atoms with Gasteiger partial charge in [0.1, 0.15) is 24.7 Å². The Hall–Kier alpha value is -1.89. The highest BCUT2D eigenvalue weighted by molar-refractivity contribution is 6.55. The molecule has 0 saturated carbocycles. The molecule has 0 aromatic heterocycles. The molecule has 1 aliphatic carbocycles. The fraction of sp³-hybridized carbons (Fsp3) is 0.543. The number of hydrogen-bond acceptors (Lipinski definition) is 9. The second-order valence-electron chi connectivity index (χ2n) is 12.8. The van der Waals surface area contributed by atoms with Gasteiger partial charge in [-0.05, 0) is 57.1 Å². The van der Waals surface area contributed by atoms with Gasteiger partial charge < -0.3 is 44.6 Å². The van der Waals surface area contributed by atoms with Crippen LogP contribution in [-0.4, -0.2) is 120 Å². The number of likely N-dealkylation sites (tertiary alicyclic amines) is 1. The van der Waals surface area contributed by atoms with Crippen LogP contribution in [0.15, 0.2) is 60.7 Å². The zero-order chi connectivity index (χ0) is 34.1. The molecule has 2 atom stereocenters. The van der Waals surface area contributed by atoms with E-state index in [0.717, 1.165) is 30.6 Å². The normalized spacial score (nSPS) is 21.3. The standard InChI is InChI=1S/C35H48Cl3N3O6/c1-33(23-42,24-43)39-21-27-19-30(36)32(20-31(27)45-18-16-40(2)3)46-25-34(47-17-8-14-41-15-12-28(44)22-41)13-7-11-29(35(34,37)38)26-9-5-4-6-10-26/h4-7,9-11,13,19-20,28,39,42-44H,8,12,14-18,21-25H2,1-3H3/t28?,34-/m1/s1. The third kappa shape index (κ3) is 9.85. The SMILES string of the molecule is CN(C)CCOc1cc(OC[C@]2(OCCCN3CCC(O)C3)C=CC=C(c3ccccc3)C2(Cl)Cl)c(Cl)cc1CNC(C)(CO)CO. The zero-order valence-corrected chi connectivity index (χ0v) is 29.7. The second-order valence-corrected chi connectivity index (χ2v) is 14.5. The minimum absolute atomic E-state index is 0.0509. The van der Waals surface area contributed by atoms with Gasteiger partial charge in [0.05, 0.1) is 29.9 Å². The Morgan fingerprint density at radius 1 is 1.06 bits per heavy atom. The minimum Gasteiger partial charge on any atom is -0.492 e. The quantitative estimate of drug-likeness (QED) is 0.131. The summed E-state index contributed by atoms with van der Waals surface area (Å²) in [5, 5.41) is 33.0. The number of aliphatic hydroxyl groups excluding tert-OH is 3. The predicted octanol–water partition coefficient (Wildman–Crippen LogP) is 4.53. The molecule has 2 aromatic rings. The Kier molecular flexibility index (Phi) is 13.8. The van der Waals surface area contributed by atoms with Crippen LogP contribution in [0.2, 0.25) is 5.02 Å². The summed E-state index contributed by atoms with van der Waals surface area (Å²) in [4.78, 5) is 4.23. The van der Waals surface area contributed by atoms with Crippen LogP contribution < -0.4 is 14.8 Å². The van der Waals surface area contributed by atoms with E-state index in [2.05, 4.69) is 10.2 Å². The number of β-amino-alcohol motifs (C(OH)–C–C–N with tert-alkyl or cyclic N) is 1. The Bertz CT molecular complexity index is 1360. The summed E-state index contributed by atoms with van der Waals surface area (Å²) in [6.45, 7) is 5.22. The van der Waals surface area contributed by atoms with Crippen LogP contribution in [0.1, 0.15) is 30.9 Å². The first-order chi connectivity index (χ1) is 22.4. The highest BCUT2D eigenvalue weighted by Crippen LogP contribution is 2.50. The first kappa shape index (κ1) is 37.9. The number of alkyl halides is 2. The minimum atomic E-state index is -1.52. The highest BCUT2D eigenvalue weighted by atomic mass is 35.5. The molecule has 47 heavy (non-hydrogen) atoms. The summed E-state index contributed by atoms with van der Waals surface area (Å²) >= 11 is 21.4. The zero-order valence-electron chi connectivity index (χ0n) is 27.4. The van der Waals surface area contributed by atoms with Crippen LogP contribution in [0.4, 0.5) is 0 Å². The molecule has 260 valence electrons. The number of likely N-dealkylation sites (N-methyl/N-ethyl adjacent to an activating group) is 1. The summed E-state index contributed by atoms with van der Waals surface area (Å²) < 4.78 is 17.7. The molecule has 4 rings (SSSR count). The van der Waals surface area contributed by atoms with Crippen molar-refractivity contribution in [1.29, 1.82) is 0 Å². The first-order valence-corrected chi connectivity index (χ1v) is 17.1. The van der Waals surface area contributed by atoms with E-state index in [9.17, 15) is 15.3 Å². The molecule has 0 spiro atoms. The van der Waals surface area contributed by atoms with Crippen molar-refractivity contribution in [3.8, 4) is 11.5 Å². The lowest BCUT2D eigenvalue weighted by molar-refractivity contribution is -0.0429. The van der Waals surface area contributed by atoms with Crippen LogP contribution in [0.5, 0.6) is 11.5 Å². The van der Waals surface area contributed by atoms with Gasteiger partial charge in [0, 0.05) is 51.0 Å². The van der Waals surface area contributed by atoms with Gasteiger partial charge in [-0.2, -0.15) is 0 Å². The van der Waals surface area contributed by atoms with Gasteiger partial charge in [-0.3, -0.25) is 0 Å². The van der Waals surface area contributed by atoms with Gasteiger partial charge in [0.2, 0.25) is 0 Å². The van der Waals surface area contributed by atoms with E-state index < -0.39 is 15.5 Å². The smallest absolute Gasteiger partial charge is 0.179 e. The van der Waals surface area contributed by atoms with Crippen molar-refractivity contribution in [2.75, 3.05) is 73.3 Å². The lowest BCUT2D eigenvalue weighted by Gasteiger charge is -2.43. The van der Waals surface area contributed by atoms with E-state index in [1.165, 1.54) is 0 Å². The predicted molar refractivity (Wildman–Crippen MR) is 189 cm³/mol. The van der Waals surface area contributed by atoms with Gasteiger partial charge >= 0.3 is 0 Å². The van der Waals surface area contributed by atoms with Crippen molar-refractivity contribution in [2.45, 2.75) is 47.9 Å². The molecule has 0 bridgehead atoms. The molecule has 2 aliphatic rings. The van der Waals surface area contributed by atoms with Crippen molar-refractivity contribution < 1.29 is 29.5 Å². The molecular formula is C35H48Cl3N3O6. The fourth-order valence-corrected chi connectivity index (χ4v) is 6.39. The van der Waals surface area contributed by atoms with Crippen molar-refractivity contribution in [1.82, 2.24) is 15.1 Å². The molecule has 2 aromatic carbocycles. The molecular weight excluding hydrogens is 665 g/mol. The molecule has 0 amide bonds. The summed E-state index contributed by atoms with van der Waals surface area (Å²) in [7, 11) is 3.93. The number of aliphatic hydroxyl groups is 3. The Labute approximate surface area is 293 Å². The summed E-state index contributed by atoms with van der Waals surface area (Å²) in [6.07, 6.45) is 6.81. The number of nitrogens with zero attached hydrogens (tertiary/aromatic N) is 2. The van der Waals surface area contributed by atoms with Crippen molar-refractivity contribution in [3.05, 3.63) is 76.8 Å². The number of nitrogens with one attached hydrogen (secondary N) is 1. The molecule has 1 fully saturated rings. The maximum absolute atomic E-state index is 9.92. The number of rotatable bonds is 18. The van der Waals surface area contributed by atoms with Crippen LogP contribution >= 0.6 is 34.8 Å². The largest absolute Gasteiger partial charge is 0.492 e. The van der Waals surface area contributed by atoms with Crippen LogP contribution in [0, 0.1) is 0 Å². The maximum Gasteiger partial charge on any atom is 0.179 e. The van der Waals surface area contributed by atoms with Crippen LogP contribution in [-0.2, 0) is 11.3 Å². The average Bonchev–Trinajstić information content (AvgIpc) is 3.47. The van der Waals surface area contributed by atoms with E-state index in [0.29, 0.717) is 54.8 Å². The monoisotopic (exact) mass is 711 g/mol. The van der Waals surface area contributed by atoms with E-state index in [1.807, 2.05) is 67.6 Å². The van der Waals surface area contributed by atoms with Crippen LogP contribution in [0.3, 0.4) is 0 Å². The van der Waals surface area contributed by atoms with E-state index in [4.69, 9.17) is 49.0 Å². The number of ether oxygens (including phenoxy) is 3. The number of halogens is 3. The summed E-state index contributed by atoms with van der Waals surface area (Å²) in [5.41, 5.74) is 0.127. The van der Waals surface area contributed by atoms with Gasteiger partial charge in [-0.15, -0.1) is 0 Å². The third-order valence-electron chi connectivity index (χ3n) is 8.57. The van der Waals surface area contributed by atoms with E-state index >= 15 is 0 Å². The van der Waals surface area contributed by atoms with E-state index in [1.54, 1.807) is 19.1 Å². The van der Waals surface area contributed by atoms with Gasteiger partial charge in [-0.25, -0.2) is 0 Å². The van der Waals surface area contributed by atoms with Crippen molar-refractivity contribution in [2.24, 2.45) is 0 Å². The molecule has 1 unspecified atom stereocenters. The Morgan fingerprint density at radius 2 is 1.81 bits per heavy atom. The first-order valence-electron chi connectivity index (χ1n) is 16.0. The highest BCUT2D eigenvalue weighted by Gasteiger charge is 2.54. The summed E-state index contributed by atoms with van der Waals surface area (Å²) in [6, 6.07) is 13.2. The Morgan fingerprint density at radius 3 is 2.47 bits per heavy atom. The number of hydrogen-bond donors (Lipinski definition) is 4. The van der Waals surface area contributed by atoms with E-state index in [-0.39, 0.29) is 32.5 Å². The number of benzene rings is 2. The second kappa shape index (κ2) is 17.2. The van der Waals surface area contributed by atoms with Crippen molar-refractivity contribution in [3.63, 3.8) is 0 Å². The topological polar surface area (TPSA) is 107 Å². The van der Waals surface area contributed by atoms with Crippen LogP contribution in [0.25, 0.3) is 5.57 Å². The molecule has 12 heteroatoms. The molecule has 0 radical (unpaired) electrons. The van der Waals surface area contributed by atoms with Gasteiger partial charge in [0.25, 0.3) is 0 Å². The van der Waals surface area contributed by atoms with Gasteiger partial charge in [0.15, 0.2) is 9.93 Å². The average molecular weight is 713 g/mol. The Balaban J connectivity index is 1.59. The third-order valence-corrected chi connectivity index (χ3v) is 9.91. The number of allylic oxidation sites excluding steroid dienone is 2. The molecule has 1 heterocycles. The fourth-order valence-electron chi connectivity index (χ4n) is 5.46. The van der Waals surface area contributed by atoms with Crippen molar-refractivity contribution >= 4 is 40.4 Å². The molecule has 1 saturated heterocycles. The molecule has 4 N–H and O–H groups in total. The summed E-state index contributed by atoms with van der Waals surface area (Å²) in [5.74, 6) is 0.913. The molecule has 9 nitrogen and oxygen atoms in total. The maximum atomic E-state index is 9.92. The lowest BCUT2D eigenvalue weighted by atomic mass is 9.85. The van der Waals surface area contributed by atoms with Gasteiger partial charge in [-0.1, -0.05) is 77.3 Å². The molecule has 1 aliphatic heterocycles. The lowest BCUT2D eigenvalue weighted by Crippen LogP contribution is -2.53.